The van der Waals surface area contributed by atoms with E-state index in [-0.39, 0.29) is 16.7 Å². The van der Waals surface area contributed by atoms with Crippen LogP contribution < -0.4 is 15.5 Å². The summed E-state index contributed by atoms with van der Waals surface area (Å²) < 4.78 is 17.7. The van der Waals surface area contributed by atoms with Gasteiger partial charge in [-0.15, -0.1) is 0 Å². The molecule has 10 heteroatoms. The van der Waals surface area contributed by atoms with Crippen molar-refractivity contribution in [3.63, 3.8) is 0 Å². The van der Waals surface area contributed by atoms with Crippen LogP contribution in [0.4, 0.5) is 10.1 Å². The number of nitrogens with zero attached hydrogens (tertiary/aromatic N) is 2. The maximum atomic E-state index is 12.8. The highest BCUT2D eigenvalue weighted by atomic mass is 32.1. The molecule has 0 aromatic heterocycles. The number of hydrazone groups is 1. The fourth-order valence-corrected chi connectivity index (χ4v) is 2.10. The molecule has 0 bridgehead atoms. The number of nitrogens with one attached hydrogen (secondary N) is 2. The molecule has 0 fully saturated rings. The van der Waals surface area contributed by atoms with Gasteiger partial charge in [0.2, 0.25) is 5.75 Å². The van der Waals surface area contributed by atoms with Gasteiger partial charge >= 0.3 is 5.69 Å². The second kappa shape index (κ2) is 8.72. The third-order valence-electron chi connectivity index (χ3n) is 3.24. The third-order valence-corrected chi connectivity index (χ3v) is 3.48. The first-order valence-electron chi connectivity index (χ1n) is 7.27. The Hall–Kier alpha value is -3.27. The van der Waals surface area contributed by atoms with Crippen molar-refractivity contribution in [2.45, 2.75) is 6.54 Å². The molecule has 0 saturated heterocycles. The highest BCUT2D eigenvalue weighted by Crippen LogP contribution is 2.36. The van der Waals surface area contributed by atoms with Gasteiger partial charge in [0, 0.05) is 18.2 Å². The van der Waals surface area contributed by atoms with Crippen LogP contribution >= 0.6 is 12.2 Å². The lowest BCUT2D eigenvalue weighted by atomic mass is 10.2. The summed E-state index contributed by atoms with van der Waals surface area (Å²) in [6.45, 7) is 0.375. The molecule has 2 aromatic rings. The van der Waals surface area contributed by atoms with E-state index >= 15 is 0 Å². The number of aromatic hydroxyl groups is 1. The van der Waals surface area contributed by atoms with Crippen molar-refractivity contribution < 1.29 is 19.2 Å². The largest absolute Gasteiger partial charge is 0.500 e. The summed E-state index contributed by atoms with van der Waals surface area (Å²) in [5, 5.41) is 27.6. The molecule has 0 heterocycles. The number of phenolic OH excluding ortho intramolecular Hbond substituents is 1. The first kappa shape index (κ1) is 19.1. The number of halogens is 1. The van der Waals surface area contributed by atoms with Gasteiger partial charge < -0.3 is 15.2 Å². The third kappa shape index (κ3) is 5.11. The SMILES string of the molecule is COc1cc(/C=N/NC(=S)NCc2ccc(F)cc2)cc([N+](=O)[O-])c1O. The number of benzene rings is 2. The predicted octanol–water partition coefficient (Wildman–Crippen LogP) is 2.45. The first-order valence-corrected chi connectivity index (χ1v) is 7.68. The summed E-state index contributed by atoms with van der Waals surface area (Å²) in [5.41, 5.74) is 3.22. The summed E-state index contributed by atoms with van der Waals surface area (Å²) >= 11 is 5.05. The molecule has 0 atom stereocenters. The van der Waals surface area contributed by atoms with Gasteiger partial charge in [-0.25, -0.2) is 4.39 Å². The van der Waals surface area contributed by atoms with E-state index < -0.39 is 16.4 Å². The second-order valence-electron chi connectivity index (χ2n) is 5.03. The Labute approximate surface area is 153 Å². The van der Waals surface area contributed by atoms with E-state index in [0.717, 1.165) is 11.6 Å². The van der Waals surface area contributed by atoms with Gasteiger partial charge in [-0.2, -0.15) is 5.10 Å². The van der Waals surface area contributed by atoms with E-state index in [2.05, 4.69) is 15.8 Å². The molecule has 26 heavy (non-hydrogen) atoms. The molecule has 0 aliphatic heterocycles. The van der Waals surface area contributed by atoms with Crippen molar-refractivity contribution in [1.82, 2.24) is 10.7 Å². The number of nitro benzene ring substituents is 1. The van der Waals surface area contributed by atoms with Crippen molar-refractivity contribution in [3.8, 4) is 11.5 Å². The normalized spacial score (nSPS) is 10.5. The van der Waals surface area contributed by atoms with Crippen LogP contribution in [0.5, 0.6) is 11.5 Å². The number of phenols is 1. The van der Waals surface area contributed by atoms with Crippen LogP contribution in [0.1, 0.15) is 11.1 Å². The van der Waals surface area contributed by atoms with Crippen LogP contribution in [0.2, 0.25) is 0 Å². The van der Waals surface area contributed by atoms with E-state index in [4.69, 9.17) is 17.0 Å². The molecule has 0 unspecified atom stereocenters. The van der Waals surface area contributed by atoms with Gasteiger partial charge in [-0.1, -0.05) is 12.1 Å². The lowest BCUT2D eigenvalue weighted by Crippen LogP contribution is -2.31. The Kier molecular flexibility index (Phi) is 6.39. The van der Waals surface area contributed by atoms with Crippen LogP contribution in [-0.4, -0.2) is 28.5 Å². The molecule has 2 rings (SSSR count). The van der Waals surface area contributed by atoms with Crippen molar-refractivity contribution in [2.75, 3.05) is 7.11 Å². The molecule has 0 aliphatic rings. The summed E-state index contributed by atoms with van der Waals surface area (Å²) in [5.74, 6) is -0.922. The van der Waals surface area contributed by atoms with Gasteiger partial charge in [0.1, 0.15) is 5.82 Å². The van der Waals surface area contributed by atoms with E-state index in [0.29, 0.717) is 12.1 Å². The lowest BCUT2D eigenvalue weighted by Gasteiger charge is -2.07. The summed E-state index contributed by atoms with van der Waals surface area (Å²) in [4.78, 5) is 10.2. The summed E-state index contributed by atoms with van der Waals surface area (Å²) in [6.07, 6.45) is 1.29. The molecule has 0 aliphatic carbocycles. The van der Waals surface area contributed by atoms with Gasteiger partial charge in [0.25, 0.3) is 0 Å². The van der Waals surface area contributed by atoms with Crippen molar-refractivity contribution in [1.29, 1.82) is 0 Å². The molecular weight excluding hydrogens is 363 g/mol. The minimum absolute atomic E-state index is 0.0438. The fraction of sp³-hybridized carbons (Fsp3) is 0.125. The fourth-order valence-electron chi connectivity index (χ4n) is 1.97. The monoisotopic (exact) mass is 378 g/mol. The number of nitro groups is 1. The average Bonchev–Trinajstić information content (AvgIpc) is 2.62. The zero-order valence-electron chi connectivity index (χ0n) is 13.6. The average molecular weight is 378 g/mol. The van der Waals surface area contributed by atoms with Gasteiger partial charge in [0.05, 0.1) is 18.2 Å². The van der Waals surface area contributed by atoms with E-state index in [9.17, 15) is 19.6 Å². The maximum absolute atomic E-state index is 12.8. The Morgan fingerprint density at radius 1 is 1.42 bits per heavy atom. The van der Waals surface area contributed by atoms with Gasteiger partial charge in [-0.05, 0) is 36.0 Å². The van der Waals surface area contributed by atoms with E-state index in [1.165, 1.54) is 31.5 Å². The smallest absolute Gasteiger partial charge is 0.315 e. The zero-order valence-corrected chi connectivity index (χ0v) is 14.4. The Morgan fingerprint density at radius 2 is 2.12 bits per heavy atom. The quantitative estimate of drug-likeness (QED) is 0.307. The Morgan fingerprint density at radius 3 is 2.73 bits per heavy atom. The molecule has 0 saturated carbocycles. The van der Waals surface area contributed by atoms with Gasteiger partial charge in [0.15, 0.2) is 10.9 Å². The van der Waals surface area contributed by atoms with Crippen molar-refractivity contribution in [2.24, 2.45) is 5.10 Å². The van der Waals surface area contributed by atoms with Crippen LogP contribution in [0.3, 0.4) is 0 Å². The summed E-state index contributed by atoms with van der Waals surface area (Å²) in [7, 11) is 1.28. The standard InChI is InChI=1S/C16H15FN4O4S/c1-25-14-7-11(6-13(15(14)22)21(23)24)9-19-20-16(26)18-8-10-2-4-12(17)5-3-10/h2-7,9,22H,8H2,1H3,(H2,18,20,26)/b19-9+. The second-order valence-corrected chi connectivity index (χ2v) is 5.44. The number of rotatable bonds is 6. The van der Waals surface area contributed by atoms with Crippen molar-refractivity contribution in [3.05, 3.63) is 63.5 Å². The molecule has 136 valence electrons. The molecule has 0 radical (unpaired) electrons. The van der Waals surface area contributed by atoms with E-state index in [1.54, 1.807) is 12.1 Å². The van der Waals surface area contributed by atoms with Crippen LogP contribution in [0, 0.1) is 15.9 Å². The van der Waals surface area contributed by atoms with Gasteiger partial charge in [-0.3, -0.25) is 15.5 Å². The Balaban J connectivity index is 1.96. The van der Waals surface area contributed by atoms with Crippen LogP contribution in [0.15, 0.2) is 41.5 Å². The molecule has 0 amide bonds. The number of hydrogen-bond donors (Lipinski definition) is 3. The van der Waals surface area contributed by atoms with Crippen molar-refractivity contribution >= 4 is 29.2 Å². The number of thiocarbonyl (C=S) groups is 1. The topological polar surface area (TPSA) is 109 Å². The molecule has 3 N–H and O–H groups in total. The first-order chi connectivity index (χ1) is 12.4. The minimum atomic E-state index is -0.725. The number of methoxy groups -OCH3 is 1. The number of hydrogen-bond acceptors (Lipinski definition) is 6. The molecular formula is C16H15FN4O4S. The van der Waals surface area contributed by atoms with E-state index in [1.807, 2.05) is 0 Å². The molecule has 8 nitrogen and oxygen atoms in total. The lowest BCUT2D eigenvalue weighted by molar-refractivity contribution is -0.386. The number of ether oxygens (including phenoxy) is 1. The Bertz CT molecular complexity index is 843. The van der Waals surface area contributed by atoms with Crippen LogP contribution in [0.25, 0.3) is 0 Å². The van der Waals surface area contributed by atoms with Crippen LogP contribution in [-0.2, 0) is 6.54 Å². The maximum Gasteiger partial charge on any atom is 0.315 e. The highest BCUT2D eigenvalue weighted by molar-refractivity contribution is 7.80. The molecule has 2 aromatic carbocycles. The minimum Gasteiger partial charge on any atom is -0.500 e. The highest BCUT2D eigenvalue weighted by Gasteiger charge is 2.19. The molecule has 0 spiro atoms. The zero-order chi connectivity index (χ0) is 19.1. The summed E-state index contributed by atoms with van der Waals surface area (Å²) in [6, 6.07) is 8.47. The predicted molar refractivity (Wildman–Crippen MR) is 97.9 cm³/mol.